The Kier molecular flexibility index (Phi) is 21.8. The van der Waals surface area contributed by atoms with Gasteiger partial charge in [0.15, 0.2) is 0 Å². The first-order chi connectivity index (χ1) is 13.4. The summed E-state index contributed by atoms with van der Waals surface area (Å²) in [4.78, 5) is 30.8. The van der Waals surface area contributed by atoms with Crippen LogP contribution in [0.2, 0.25) is 0 Å². The molecular formula is C21H40O7. The maximum atomic E-state index is 10.7. The number of unbranched alkanes of at least 4 members (excludes halogenated alkanes) is 9. The number of hydrogen-bond acceptors (Lipinski definition) is 6. The highest BCUT2D eigenvalue weighted by atomic mass is 16.7. The van der Waals surface area contributed by atoms with Crippen molar-refractivity contribution >= 4 is 18.1 Å². The number of esters is 2. The van der Waals surface area contributed by atoms with Gasteiger partial charge >= 0.3 is 18.1 Å². The molecule has 0 aliphatic carbocycles. The van der Waals surface area contributed by atoms with Crippen molar-refractivity contribution in [3.63, 3.8) is 0 Å². The molecule has 0 amide bonds. The number of carboxylic acid groups (broad SMARTS) is 1. The lowest BCUT2D eigenvalue weighted by Gasteiger charge is -2.15. The molecule has 0 aliphatic rings. The Bertz CT molecular complexity index is 382. The topological polar surface area (TPSA) is 99.1 Å². The Morgan fingerprint density at radius 1 is 0.679 bits per heavy atom. The number of methoxy groups -OCH3 is 2. The molecule has 0 fully saturated rings. The molecule has 0 aliphatic heterocycles. The van der Waals surface area contributed by atoms with Crippen LogP contribution in [0.15, 0.2) is 0 Å². The fraction of sp³-hybridized carbons (Fsp3) is 0.857. The monoisotopic (exact) mass is 404 g/mol. The molecule has 0 spiro atoms. The minimum atomic E-state index is -1.12. The second kappa shape index (κ2) is 21.5. The number of carbonyl (C=O) groups excluding carboxylic acids is 2. The van der Waals surface area contributed by atoms with Crippen LogP contribution in [0.25, 0.3) is 0 Å². The second-order valence-electron chi connectivity index (χ2n) is 6.75. The van der Waals surface area contributed by atoms with Crippen LogP contribution in [0.1, 0.15) is 97.3 Å². The van der Waals surface area contributed by atoms with E-state index in [1.807, 2.05) is 0 Å². The molecule has 0 rings (SSSR count). The molecule has 0 saturated heterocycles. The van der Waals surface area contributed by atoms with Crippen LogP contribution < -0.4 is 0 Å². The third-order valence-corrected chi connectivity index (χ3v) is 4.31. The molecule has 7 nitrogen and oxygen atoms in total. The van der Waals surface area contributed by atoms with Crippen molar-refractivity contribution in [2.75, 3.05) is 14.2 Å². The third-order valence-electron chi connectivity index (χ3n) is 4.31. The highest BCUT2D eigenvalue weighted by Gasteiger charge is 2.13. The van der Waals surface area contributed by atoms with Crippen LogP contribution in [0, 0.1) is 0 Å². The van der Waals surface area contributed by atoms with Gasteiger partial charge in [0.2, 0.25) is 0 Å². The summed E-state index contributed by atoms with van der Waals surface area (Å²) >= 11 is 0. The molecule has 0 aromatic rings. The van der Waals surface area contributed by atoms with Crippen LogP contribution >= 0.6 is 0 Å². The quantitative estimate of drug-likeness (QED) is 0.177. The van der Waals surface area contributed by atoms with Gasteiger partial charge in [-0.05, 0) is 25.7 Å². The summed E-state index contributed by atoms with van der Waals surface area (Å²) in [6.07, 6.45) is 14.1. The lowest BCUT2D eigenvalue weighted by atomic mass is 10.0. The molecule has 1 atom stereocenters. The summed E-state index contributed by atoms with van der Waals surface area (Å²) in [6.45, 7) is 4.41. The first-order valence-corrected chi connectivity index (χ1v) is 10.5. The second-order valence-corrected chi connectivity index (χ2v) is 6.75. The van der Waals surface area contributed by atoms with Crippen molar-refractivity contribution in [3.05, 3.63) is 0 Å². The predicted molar refractivity (Wildman–Crippen MR) is 108 cm³/mol. The zero-order valence-corrected chi connectivity index (χ0v) is 18.2. The van der Waals surface area contributed by atoms with Gasteiger partial charge in [0.25, 0.3) is 0 Å². The van der Waals surface area contributed by atoms with Gasteiger partial charge in [-0.2, -0.15) is 0 Å². The number of hydrogen-bond donors (Lipinski definition) is 1. The fourth-order valence-electron chi connectivity index (χ4n) is 2.70. The van der Waals surface area contributed by atoms with E-state index in [-0.39, 0.29) is 6.10 Å². The van der Waals surface area contributed by atoms with Gasteiger partial charge in [-0.25, -0.2) is 14.4 Å². The maximum Gasteiger partial charge on any atom is 0.506 e. The van der Waals surface area contributed by atoms with Gasteiger partial charge in [0.1, 0.15) is 6.10 Å². The lowest BCUT2D eigenvalue weighted by molar-refractivity contribution is -0.164. The third kappa shape index (κ3) is 20.5. The minimum Gasteiger partial charge on any atom is -0.461 e. The lowest BCUT2D eigenvalue weighted by Crippen LogP contribution is -2.16. The van der Waals surface area contributed by atoms with Crippen LogP contribution in [0.3, 0.4) is 0 Å². The largest absolute Gasteiger partial charge is 0.506 e. The normalized spacial score (nSPS) is 11.0. The van der Waals surface area contributed by atoms with E-state index < -0.39 is 18.1 Å². The Labute approximate surface area is 170 Å². The molecule has 0 saturated carbocycles. The van der Waals surface area contributed by atoms with Crippen molar-refractivity contribution in [1.82, 2.24) is 0 Å². The molecule has 1 N–H and O–H groups in total. The summed E-state index contributed by atoms with van der Waals surface area (Å²) in [6, 6.07) is 0. The maximum absolute atomic E-state index is 10.7. The molecule has 0 aromatic heterocycles. The van der Waals surface area contributed by atoms with Gasteiger partial charge in [-0.3, -0.25) is 0 Å². The highest BCUT2D eigenvalue weighted by molar-refractivity contribution is 6.29. The van der Waals surface area contributed by atoms with Crippen molar-refractivity contribution in [2.24, 2.45) is 0 Å². The molecule has 7 heteroatoms. The fourth-order valence-corrected chi connectivity index (χ4v) is 2.70. The highest BCUT2D eigenvalue weighted by Crippen LogP contribution is 2.16. The van der Waals surface area contributed by atoms with Crippen molar-refractivity contribution in [3.8, 4) is 0 Å². The molecule has 166 valence electrons. The zero-order chi connectivity index (χ0) is 21.6. The first-order valence-electron chi connectivity index (χ1n) is 10.5. The van der Waals surface area contributed by atoms with Gasteiger partial charge < -0.3 is 19.3 Å². The molecule has 0 aromatic carbocycles. The Hall–Kier alpha value is -1.79. The van der Waals surface area contributed by atoms with Gasteiger partial charge in [-0.15, -0.1) is 0 Å². The Morgan fingerprint density at radius 2 is 1.04 bits per heavy atom. The van der Waals surface area contributed by atoms with E-state index >= 15 is 0 Å². The minimum absolute atomic E-state index is 0.0833. The standard InChI is InChI=1S/C17H34O3.C4H6O4/c1-3-5-7-9-10-11-13-15-16(20-17(18)19)14-12-8-6-4-2;1-7-3(5)4(6)8-2/h16H,3-15H2,1-2H3,(H,18,19);1-2H3. The van der Waals surface area contributed by atoms with Crippen LogP contribution in [0.4, 0.5) is 4.79 Å². The van der Waals surface area contributed by atoms with E-state index in [0.717, 1.165) is 39.9 Å². The summed E-state index contributed by atoms with van der Waals surface area (Å²) in [5, 5.41) is 8.76. The van der Waals surface area contributed by atoms with E-state index in [1.165, 1.54) is 57.8 Å². The first kappa shape index (κ1) is 28.4. The average molecular weight is 405 g/mol. The SMILES string of the molecule is CCCCCCCCCC(CCCCCC)OC(=O)O.COC(=O)C(=O)OC. The van der Waals surface area contributed by atoms with Gasteiger partial charge in [-0.1, -0.05) is 71.6 Å². The molecule has 0 radical (unpaired) electrons. The molecule has 0 bridgehead atoms. The summed E-state index contributed by atoms with van der Waals surface area (Å²) in [7, 11) is 2.22. The Balaban J connectivity index is 0. The van der Waals surface area contributed by atoms with E-state index in [9.17, 15) is 14.4 Å². The summed E-state index contributed by atoms with van der Waals surface area (Å²) in [5.41, 5.74) is 0. The predicted octanol–water partition coefficient (Wildman–Crippen LogP) is 5.49. The Morgan fingerprint density at radius 3 is 1.39 bits per heavy atom. The van der Waals surface area contributed by atoms with Crippen molar-refractivity contribution in [1.29, 1.82) is 0 Å². The van der Waals surface area contributed by atoms with Gasteiger partial charge in [0.05, 0.1) is 14.2 Å². The molecular weight excluding hydrogens is 364 g/mol. The van der Waals surface area contributed by atoms with E-state index in [2.05, 4.69) is 23.3 Å². The van der Waals surface area contributed by atoms with Gasteiger partial charge in [0, 0.05) is 0 Å². The van der Waals surface area contributed by atoms with E-state index in [4.69, 9.17) is 9.84 Å². The average Bonchev–Trinajstić information content (AvgIpc) is 2.69. The molecule has 0 heterocycles. The number of rotatable bonds is 14. The zero-order valence-electron chi connectivity index (χ0n) is 18.2. The van der Waals surface area contributed by atoms with Crippen LogP contribution in [-0.2, 0) is 23.8 Å². The molecule has 28 heavy (non-hydrogen) atoms. The number of ether oxygens (including phenoxy) is 3. The summed E-state index contributed by atoms with van der Waals surface area (Å²) in [5.74, 6) is -1.96. The van der Waals surface area contributed by atoms with E-state index in [1.54, 1.807) is 0 Å². The van der Waals surface area contributed by atoms with Crippen LogP contribution in [-0.4, -0.2) is 43.5 Å². The van der Waals surface area contributed by atoms with E-state index in [0.29, 0.717) is 0 Å². The summed E-state index contributed by atoms with van der Waals surface area (Å²) < 4.78 is 13.0. The number of carbonyl (C=O) groups is 3. The van der Waals surface area contributed by atoms with Crippen molar-refractivity contribution < 1.29 is 33.7 Å². The van der Waals surface area contributed by atoms with Crippen molar-refractivity contribution in [2.45, 2.75) is 103 Å². The molecule has 1 unspecified atom stereocenters. The van der Waals surface area contributed by atoms with Crippen LogP contribution in [0.5, 0.6) is 0 Å². The smallest absolute Gasteiger partial charge is 0.461 e.